The first-order valence-electron chi connectivity index (χ1n) is 8.15. The number of anilines is 3. The summed E-state index contributed by atoms with van der Waals surface area (Å²) in [5.74, 6) is 0.796. The van der Waals surface area contributed by atoms with Crippen molar-refractivity contribution >= 4 is 34.5 Å². The van der Waals surface area contributed by atoms with E-state index in [1.54, 1.807) is 6.20 Å². The fourth-order valence-corrected chi connectivity index (χ4v) is 2.80. The molecule has 1 aliphatic rings. The fraction of sp³-hybridized carbons (Fsp3) is 0.333. The SMILES string of the molecule is Cc1cccc(Nc2ccc(NC(=S)NC[C@H]3CCCO3)cn2)c1. The zero-order valence-electron chi connectivity index (χ0n) is 13.7. The standard InChI is InChI=1S/C18H22N4OS/c1-13-4-2-5-14(10-13)21-17-8-7-15(11-19-17)22-18(24)20-12-16-6-3-9-23-16/h2,4-5,7-8,10-11,16H,3,6,9,12H2,1H3,(H,19,21)(H2,20,22,24)/t16-/m1/s1. The van der Waals surface area contributed by atoms with Gasteiger partial charge in [-0.2, -0.15) is 0 Å². The van der Waals surface area contributed by atoms with Gasteiger partial charge in [-0.25, -0.2) is 4.98 Å². The molecular formula is C18H22N4OS. The second-order valence-electron chi connectivity index (χ2n) is 5.90. The van der Waals surface area contributed by atoms with Gasteiger partial charge < -0.3 is 20.7 Å². The summed E-state index contributed by atoms with van der Waals surface area (Å²) in [4.78, 5) is 4.41. The molecule has 1 saturated heterocycles. The van der Waals surface area contributed by atoms with Crippen LogP contribution < -0.4 is 16.0 Å². The lowest BCUT2D eigenvalue weighted by molar-refractivity contribution is 0.114. The van der Waals surface area contributed by atoms with E-state index in [0.717, 1.165) is 43.2 Å². The molecule has 0 aliphatic carbocycles. The molecule has 0 bridgehead atoms. The second kappa shape index (κ2) is 8.08. The lowest BCUT2D eigenvalue weighted by Crippen LogP contribution is -2.34. The van der Waals surface area contributed by atoms with Crippen LogP contribution in [0.2, 0.25) is 0 Å². The van der Waals surface area contributed by atoms with Crippen LogP contribution in [0.3, 0.4) is 0 Å². The van der Waals surface area contributed by atoms with Gasteiger partial charge >= 0.3 is 0 Å². The number of aryl methyl sites for hydroxylation is 1. The van der Waals surface area contributed by atoms with Crippen LogP contribution in [0.1, 0.15) is 18.4 Å². The number of nitrogens with zero attached hydrogens (tertiary/aromatic N) is 1. The summed E-state index contributed by atoms with van der Waals surface area (Å²) in [6, 6.07) is 12.1. The summed E-state index contributed by atoms with van der Waals surface area (Å²) in [5.41, 5.74) is 3.09. The largest absolute Gasteiger partial charge is 0.376 e. The number of pyridine rings is 1. The van der Waals surface area contributed by atoms with Crippen molar-refractivity contribution in [3.05, 3.63) is 48.2 Å². The van der Waals surface area contributed by atoms with Crippen LogP contribution in [0.5, 0.6) is 0 Å². The highest BCUT2D eigenvalue weighted by atomic mass is 32.1. The number of benzene rings is 1. The number of hydrogen-bond donors (Lipinski definition) is 3. The third-order valence-electron chi connectivity index (χ3n) is 3.83. The lowest BCUT2D eigenvalue weighted by atomic mass is 10.2. The van der Waals surface area contributed by atoms with Crippen LogP contribution in [0, 0.1) is 6.92 Å². The Morgan fingerprint density at radius 1 is 1.29 bits per heavy atom. The van der Waals surface area contributed by atoms with Crippen LogP contribution in [-0.4, -0.2) is 29.4 Å². The maximum atomic E-state index is 5.56. The molecule has 1 fully saturated rings. The van der Waals surface area contributed by atoms with Gasteiger partial charge in [-0.05, 0) is 61.8 Å². The molecule has 3 rings (SSSR count). The van der Waals surface area contributed by atoms with Crippen molar-refractivity contribution in [2.45, 2.75) is 25.9 Å². The molecule has 0 amide bonds. The molecule has 2 aromatic rings. The maximum absolute atomic E-state index is 5.56. The minimum atomic E-state index is 0.267. The minimum absolute atomic E-state index is 0.267. The molecular weight excluding hydrogens is 320 g/mol. The van der Waals surface area contributed by atoms with Gasteiger partial charge in [-0.15, -0.1) is 0 Å². The Kier molecular flexibility index (Phi) is 5.61. The lowest BCUT2D eigenvalue weighted by Gasteiger charge is -2.14. The van der Waals surface area contributed by atoms with E-state index < -0.39 is 0 Å². The zero-order chi connectivity index (χ0) is 16.8. The Balaban J connectivity index is 1.49. The summed E-state index contributed by atoms with van der Waals surface area (Å²) in [6.45, 7) is 3.66. The molecule has 2 heterocycles. The van der Waals surface area contributed by atoms with Crippen molar-refractivity contribution < 1.29 is 4.74 Å². The van der Waals surface area contributed by atoms with Crippen molar-refractivity contribution in [3.8, 4) is 0 Å². The van der Waals surface area contributed by atoms with Crippen LogP contribution in [0.25, 0.3) is 0 Å². The number of ether oxygens (including phenoxy) is 1. The quantitative estimate of drug-likeness (QED) is 0.722. The van der Waals surface area contributed by atoms with Crippen molar-refractivity contribution in [1.29, 1.82) is 0 Å². The molecule has 0 spiro atoms. The zero-order valence-corrected chi connectivity index (χ0v) is 14.5. The molecule has 1 aliphatic heterocycles. The van der Waals surface area contributed by atoms with Gasteiger partial charge in [0.05, 0.1) is 18.0 Å². The first-order valence-corrected chi connectivity index (χ1v) is 8.56. The van der Waals surface area contributed by atoms with Crippen LogP contribution in [-0.2, 0) is 4.74 Å². The Labute approximate surface area is 147 Å². The van der Waals surface area contributed by atoms with E-state index in [4.69, 9.17) is 17.0 Å². The third-order valence-corrected chi connectivity index (χ3v) is 4.07. The molecule has 0 saturated carbocycles. The van der Waals surface area contributed by atoms with Crippen LogP contribution >= 0.6 is 12.2 Å². The molecule has 0 unspecified atom stereocenters. The van der Waals surface area contributed by atoms with E-state index in [2.05, 4.69) is 40.0 Å². The van der Waals surface area contributed by atoms with E-state index >= 15 is 0 Å². The predicted molar refractivity (Wildman–Crippen MR) is 102 cm³/mol. The second-order valence-corrected chi connectivity index (χ2v) is 6.30. The van der Waals surface area contributed by atoms with Crippen LogP contribution in [0.4, 0.5) is 17.2 Å². The first kappa shape index (κ1) is 16.7. The van der Waals surface area contributed by atoms with Crippen molar-refractivity contribution in [3.63, 3.8) is 0 Å². The molecule has 24 heavy (non-hydrogen) atoms. The Hall–Kier alpha value is -2.18. The highest BCUT2D eigenvalue weighted by molar-refractivity contribution is 7.80. The van der Waals surface area contributed by atoms with Crippen molar-refractivity contribution in [2.75, 3.05) is 23.8 Å². The number of aromatic nitrogens is 1. The number of thiocarbonyl (C=S) groups is 1. The summed E-state index contributed by atoms with van der Waals surface area (Å²) in [5, 5.41) is 10.2. The fourth-order valence-electron chi connectivity index (χ4n) is 2.60. The Morgan fingerprint density at radius 3 is 2.92 bits per heavy atom. The average molecular weight is 342 g/mol. The van der Waals surface area contributed by atoms with Gasteiger partial charge in [-0.1, -0.05) is 12.1 Å². The smallest absolute Gasteiger partial charge is 0.170 e. The Morgan fingerprint density at radius 2 is 2.21 bits per heavy atom. The van der Waals surface area contributed by atoms with Crippen LogP contribution in [0.15, 0.2) is 42.6 Å². The number of rotatable bonds is 5. The minimum Gasteiger partial charge on any atom is -0.376 e. The van der Waals surface area contributed by atoms with Gasteiger partial charge in [0.15, 0.2) is 5.11 Å². The van der Waals surface area contributed by atoms with Gasteiger partial charge in [0.25, 0.3) is 0 Å². The van der Waals surface area contributed by atoms with E-state index in [1.165, 1.54) is 5.56 Å². The topological polar surface area (TPSA) is 58.2 Å². The molecule has 126 valence electrons. The highest BCUT2D eigenvalue weighted by Crippen LogP contribution is 2.17. The van der Waals surface area contributed by atoms with E-state index in [9.17, 15) is 0 Å². The first-order chi connectivity index (χ1) is 11.7. The molecule has 6 heteroatoms. The van der Waals surface area contributed by atoms with Gasteiger partial charge in [0, 0.05) is 18.8 Å². The summed E-state index contributed by atoms with van der Waals surface area (Å²) >= 11 is 5.30. The molecule has 1 atom stereocenters. The molecule has 1 aromatic carbocycles. The van der Waals surface area contributed by atoms with Crippen molar-refractivity contribution in [1.82, 2.24) is 10.3 Å². The highest BCUT2D eigenvalue weighted by Gasteiger charge is 2.15. The van der Waals surface area contributed by atoms with Crippen molar-refractivity contribution in [2.24, 2.45) is 0 Å². The van der Waals surface area contributed by atoms with E-state index in [0.29, 0.717) is 5.11 Å². The van der Waals surface area contributed by atoms with Gasteiger partial charge in [-0.3, -0.25) is 0 Å². The maximum Gasteiger partial charge on any atom is 0.170 e. The average Bonchev–Trinajstić information content (AvgIpc) is 3.08. The summed E-state index contributed by atoms with van der Waals surface area (Å²) in [7, 11) is 0. The normalized spacial score (nSPS) is 16.6. The van der Waals surface area contributed by atoms with Gasteiger partial charge in [0.1, 0.15) is 5.82 Å². The third kappa shape index (κ3) is 4.91. The molecule has 3 N–H and O–H groups in total. The number of nitrogens with one attached hydrogen (secondary N) is 3. The summed E-state index contributed by atoms with van der Waals surface area (Å²) in [6.07, 6.45) is 4.25. The van der Waals surface area contributed by atoms with E-state index in [1.807, 2.05) is 24.3 Å². The molecule has 0 radical (unpaired) electrons. The predicted octanol–water partition coefficient (Wildman–Crippen LogP) is 3.60. The molecule has 5 nitrogen and oxygen atoms in total. The molecule has 1 aromatic heterocycles. The summed E-state index contributed by atoms with van der Waals surface area (Å²) < 4.78 is 5.56. The monoisotopic (exact) mass is 342 g/mol. The number of hydrogen-bond acceptors (Lipinski definition) is 4. The Bertz CT molecular complexity index is 684. The van der Waals surface area contributed by atoms with Gasteiger partial charge in [0.2, 0.25) is 0 Å². The van der Waals surface area contributed by atoms with E-state index in [-0.39, 0.29) is 6.10 Å².